The van der Waals surface area contributed by atoms with Crippen LogP contribution in [-0.4, -0.2) is 33.5 Å². The van der Waals surface area contributed by atoms with Gasteiger partial charge in [-0.15, -0.1) is 0 Å². The second-order valence-corrected chi connectivity index (χ2v) is 7.01. The summed E-state index contributed by atoms with van der Waals surface area (Å²) in [4.78, 5) is 21.7. The summed E-state index contributed by atoms with van der Waals surface area (Å²) in [5, 5.41) is 10.3. The first kappa shape index (κ1) is 20.8. The van der Waals surface area contributed by atoms with Gasteiger partial charge in [0.15, 0.2) is 0 Å². The lowest BCUT2D eigenvalue weighted by Crippen LogP contribution is -2.53. The van der Waals surface area contributed by atoms with Crippen LogP contribution in [0.2, 0.25) is 0 Å². The summed E-state index contributed by atoms with van der Waals surface area (Å²) in [6.45, 7) is 0. The van der Waals surface area contributed by atoms with Crippen molar-refractivity contribution in [1.29, 1.82) is 0 Å². The molecule has 0 aromatic heterocycles. The van der Waals surface area contributed by atoms with Gasteiger partial charge in [-0.05, 0) is 48.7 Å². The van der Waals surface area contributed by atoms with Crippen LogP contribution in [0.5, 0.6) is 0 Å². The molecule has 0 saturated carbocycles. The highest BCUT2D eigenvalue weighted by atomic mass is 35.5. The van der Waals surface area contributed by atoms with Crippen molar-refractivity contribution < 1.29 is 9.90 Å². The molecule has 3 rings (SSSR count). The standard InChI is InChI=1S/C21H24ClN5O2/c22-20-24-18(14-8-3-9-15-19(28)29)25-21(27(20)23)26(16-10-4-1-5-11-16)17-12-6-2-7-13-17/h1-2,4-7,10-13,21H,3,8-9,14-15,23H2,(H,28,29). The van der Waals surface area contributed by atoms with Gasteiger partial charge in [0.25, 0.3) is 0 Å². The van der Waals surface area contributed by atoms with Gasteiger partial charge in [0, 0.05) is 24.2 Å². The van der Waals surface area contributed by atoms with E-state index in [2.05, 4.69) is 4.99 Å². The normalized spacial score (nSPS) is 16.2. The van der Waals surface area contributed by atoms with Crippen LogP contribution in [0.15, 0.2) is 70.6 Å². The number of nitrogens with two attached hydrogens (primary N) is 1. The molecule has 1 heterocycles. The zero-order valence-corrected chi connectivity index (χ0v) is 16.7. The van der Waals surface area contributed by atoms with Crippen molar-refractivity contribution in [1.82, 2.24) is 5.01 Å². The molecule has 2 aromatic rings. The molecule has 0 bridgehead atoms. The number of hydrazine groups is 1. The van der Waals surface area contributed by atoms with Gasteiger partial charge in [0.2, 0.25) is 11.6 Å². The smallest absolute Gasteiger partial charge is 0.303 e. The molecule has 0 aliphatic carbocycles. The number of aliphatic carboxylic acids is 1. The van der Waals surface area contributed by atoms with Crippen molar-refractivity contribution in [3.8, 4) is 0 Å². The first-order chi connectivity index (χ1) is 14.1. The molecule has 0 amide bonds. The highest BCUT2D eigenvalue weighted by molar-refractivity contribution is 6.65. The monoisotopic (exact) mass is 413 g/mol. The van der Waals surface area contributed by atoms with Crippen LogP contribution in [0.25, 0.3) is 0 Å². The van der Waals surface area contributed by atoms with Crippen LogP contribution in [-0.2, 0) is 4.79 Å². The Morgan fingerprint density at radius 1 is 1.03 bits per heavy atom. The summed E-state index contributed by atoms with van der Waals surface area (Å²) in [7, 11) is 0. The minimum Gasteiger partial charge on any atom is -0.481 e. The minimum atomic E-state index is -0.777. The van der Waals surface area contributed by atoms with E-state index in [0.717, 1.165) is 24.2 Å². The maximum Gasteiger partial charge on any atom is 0.303 e. The quantitative estimate of drug-likeness (QED) is 0.362. The van der Waals surface area contributed by atoms with Crippen molar-refractivity contribution in [3.63, 3.8) is 0 Å². The lowest BCUT2D eigenvalue weighted by molar-refractivity contribution is -0.137. The Kier molecular flexibility index (Phi) is 7.21. The Balaban J connectivity index is 1.83. The lowest BCUT2D eigenvalue weighted by Gasteiger charge is -2.38. The molecule has 0 saturated heterocycles. The summed E-state index contributed by atoms with van der Waals surface area (Å²) in [5.41, 5.74) is 1.85. The molecule has 7 nitrogen and oxygen atoms in total. The van der Waals surface area contributed by atoms with Gasteiger partial charge >= 0.3 is 5.97 Å². The van der Waals surface area contributed by atoms with Gasteiger partial charge in [-0.3, -0.25) is 4.79 Å². The van der Waals surface area contributed by atoms with Crippen molar-refractivity contribution >= 4 is 40.1 Å². The molecule has 1 aliphatic rings. The predicted octanol–water partition coefficient (Wildman–Crippen LogP) is 4.33. The number of halogens is 1. The number of benzene rings is 2. The van der Waals surface area contributed by atoms with Crippen molar-refractivity contribution in [2.75, 3.05) is 4.90 Å². The highest BCUT2D eigenvalue weighted by Gasteiger charge is 2.30. The number of carboxylic acid groups (broad SMARTS) is 1. The number of aliphatic imine (C=N–C) groups is 2. The molecule has 1 aliphatic heterocycles. The Hall–Kier alpha value is -2.90. The predicted molar refractivity (Wildman–Crippen MR) is 116 cm³/mol. The second-order valence-electron chi connectivity index (χ2n) is 6.68. The number of nitrogens with zero attached hydrogens (tertiary/aromatic N) is 4. The zero-order chi connectivity index (χ0) is 20.6. The largest absolute Gasteiger partial charge is 0.481 e. The Morgan fingerprint density at radius 2 is 1.62 bits per heavy atom. The maximum atomic E-state index is 10.6. The third kappa shape index (κ3) is 5.56. The average molecular weight is 414 g/mol. The van der Waals surface area contributed by atoms with Crippen LogP contribution < -0.4 is 10.7 Å². The molecular weight excluding hydrogens is 390 g/mol. The van der Waals surface area contributed by atoms with Crippen molar-refractivity contribution in [2.45, 2.75) is 38.4 Å². The van der Waals surface area contributed by atoms with E-state index in [1.54, 1.807) is 0 Å². The summed E-state index contributed by atoms with van der Waals surface area (Å²) in [5.74, 6) is 6.06. The minimum absolute atomic E-state index is 0.169. The fraction of sp³-hybridized carbons (Fsp3) is 0.286. The molecule has 3 N–H and O–H groups in total. The number of para-hydroxylation sites is 2. The van der Waals surface area contributed by atoms with E-state index >= 15 is 0 Å². The Morgan fingerprint density at radius 3 is 2.17 bits per heavy atom. The second kappa shape index (κ2) is 10.0. The third-order valence-electron chi connectivity index (χ3n) is 4.54. The van der Waals surface area contributed by atoms with E-state index in [4.69, 9.17) is 27.5 Å². The van der Waals surface area contributed by atoms with E-state index in [-0.39, 0.29) is 11.7 Å². The van der Waals surface area contributed by atoms with Crippen LogP contribution in [0.3, 0.4) is 0 Å². The lowest BCUT2D eigenvalue weighted by atomic mass is 10.1. The van der Waals surface area contributed by atoms with E-state index in [9.17, 15) is 4.79 Å². The number of anilines is 2. The number of hydrogen-bond acceptors (Lipinski definition) is 6. The van der Waals surface area contributed by atoms with Crippen molar-refractivity contribution in [3.05, 3.63) is 60.7 Å². The number of unbranched alkanes of at least 4 members (excludes halogenated alkanes) is 2. The molecule has 0 spiro atoms. The fourth-order valence-electron chi connectivity index (χ4n) is 3.12. The molecule has 152 valence electrons. The van der Waals surface area contributed by atoms with Gasteiger partial charge in [-0.25, -0.2) is 20.8 Å². The molecule has 1 unspecified atom stereocenters. The topological polar surface area (TPSA) is 94.5 Å². The number of carboxylic acids is 1. The highest BCUT2D eigenvalue weighted by Crippen LogP contribution is 2.30. The SMILES string of the molecule is NN1C(Cl)=NC(CCCCCC(=O)O)=NC1N(c1ccccc1)c1ccccc1. The molecule has 29 heavy (non-hydrogen) atoms. The molecule has 1 atom stereocenters. The number of hydrogen-bond donors (Lipinski definition) is 2. The van der Waals surface area contributed by atoms with E-state index in [0.29, 0.717) is 18.7 Å². The van der Waals surface area contributed by atoms with Crippen LogP contribution >= 0.6 is 11.6 Å². The number of carbonyl (C=O) groups is 1. The molecule has 0 radical (unpaired) electrons. The van der Waals surface area contributed by atoms with Gasteiger partial charge in [-0.2, -0.15) is 0 Å². The Bertz CT molecular complexity index is 834. The first-order valence-corrected chi connectivity index (χ1v) is 9.90. The van der Waals surface area contributed by atoms with E-state index < -0.39 is 12.3 Å². The Labute approximate surface area is 175 Å². The zero-order valence-electron chi connectivity index (χ0n) is 16.0. The molecular formula is C21H24ClN5O2. The van der Waals surface area contributed by atoms with Gasteiger partial charge in [-0.1, -0.05) is 42.8 Å². The number of rotatable bonds is 9. The van der Waals surface area contributed by atoms with Crippen LogP contribution in [0, 0.1) is 0 Å². The van der Waals surface area contributed by atoms with Gasteiger partial charge in [0.05, 0.1) is 0 Å². The van der Waals surface area contributed by atoms with E-state index in [1.807, 2.05) is 65.6 Å². The van der Waals surface area contributed by atoms with Crippen LogP contribution in [0.1, 0.15) is 32.1 Å². The van der Waals surface area contributed by atoms with E-state index in [1.165, 1.54) is 5.01 Å². The first-order valence-electron chi connectivity index (χ1n) is 9.52. The van der Waals surface area contributed by atoms with Gasteiger partial charge in [0.1, 0.15) is 5.84 Å². The summed E-state index contributed by atoms with van der Waals surface area (Å²) in [6.07, 6.45) is 2.40. The molecule has 2 aromatic carbocycles. The fourth-order valence-corrected chi connectivity index (χ4v) is 3.30. The van der Waals surface area contributed by atoms with Gasteiger partial charge < -0.3 is 10.0 Å². The average Bonchev–Trinajstić information content (AvgIpc) is 2.73. The maximum absolute atomic E-state index is 10.6. The summed E-state index contributed by atoms with van der Waals surface area (Å²) >= 11 is 6.32. The number of amidine groups is 2. The molecule has 0 fully saturated rings. The summed E-state index contributed by atoms with van der Waals surface area (Å²) in [6, 6.07) is 19.7. The molecule has 8 heteroatoms. The van der Waals surface area contributed by atoms with Crippen molar-refractivity contribution in [2.24, 2.45) is 15.8 Å². The van der Waals surface area contributed by atoms with Crippen LogP contribution in [0.4, 0.5) is 11.4 Å². The third-order valence-corrected chi connectivity index (χ3v) is 4.82. The summed E-state index contributed by atoms with van der Waals surface area (Å²) < 4.78 is 0.